The van der Waals surface area contributed by atoms with E-state index < -0.39 is 0 Å². The molecular formula is C13H19N. The molecule has 0 bridgehead atoms. The molecule has 0 amide bonds. The van der Waals surface area contributed by atoms with E-state index in [1.165, 1.54) is 29.7 Å². The van der Waals surface area contributed by atoms with Crippen LogP contribution in [0.25, 0.3) is 0 Å². The lowest BCUT2D eigenvalue weighted by atomic mass is 10.1. The maximum Gasteiger partial charge on any atom is 0.0345 e. The van der Waals surface area contributed by atoms with Gasteiger partial charge in [-0.05, 0) is 62.8 Å². The Balaban J connectivity index is 2.04. The quantitative estimate of drug-likeness (QED) is 0.767. The van der Waals surface area contributed by atoms with E-state index in [1.807, 2.05) is 0 Å². The molecule has 1 fully saturated rings. The third kappa shape index (κ3) is 2.09. The molecule has 0 saturated heterocycles. The second kappa shape index (κ2) is 3.64. The first-order valence-corrected chi connectivity index (χ1v) is 5.50. The molecule has 1 aliphatic rings. The molecule has 1 saturated carbocycles. The van der Waals surface area contributed by atoms with Crippen molar-refractivity contribution in [3.63, 3.8) is 0 Å². The van der Waals surface area contributed by atoms with Crippen molar-refractivity contribution in [1.29, 1.82) is 0 Å². The van der Waals surface area contributed by atoms with Gasteiger partial charge >= 0.3 is 0 Å². The summed E-state index contributed by atoms with van der Waals surface area (Å²) >= 11 is 0. The van der Waals surface area contributed by atoms with Crippen molar-refractivity contribution in [1.82, 2.24) is 0 Å². The Morgan fingerprint density at radius 1 is 1.21 bits per heavy atom. The van der Waals surface area contributed by atoms with Crippen molar-refractivity contribution < 1.29 is 0 Å². The summed E-state index contributed by atoms with van der Waals surface area (Å²) in [6, 6.07) is 7.25. The zero-order chi connectivity index (χ0) is 10.1. The third-order valence-electron chi connectivity index (χ3n) is 3.23. The molecule has 1 atom stereocenters. The predicted octanol–water partition coefficient (Wildman–Crippen LogP) is 3.51. The van der Waals surface area contributed by atoms with Crippen LogP contribution in [-0.2, 0) is 0 Å². The Bertz CT molecular complexity index is 326. The van der Waals surface area contributed by atoms with Gasteiger partial charge in [-0.1, -0.05) is 6.07 Å². The van der Waals surface area contributed by atoms with Crippen molar-refractivity contribution in [2.45, 2.75) is 39.7 Å². The van der Waals surface area contributed by atoms with E-state index in [0.717, 1.165) is 5.92 Å². The molecule has 76 valence electrons. The first kappa shape index (κ1) is 9.57. The van der Waals surface area contributed by atoms with Gasteiger partial charge < -0.3 is 5.32 Å². The fraction of sp³-hybridized carbons (Fsp3) is 0.538. The molecule has 1 heteroatoms. The first-order valence-electron chi connectivity index (χ1n) is 5.50. The minimum Gasteiger partial charge on any atom is -0.382 e. The SMILES string of the molecule is Cc1ccc(NC(C)C2CC2)cc1C. The lowest BCUT2D eigenvalue weighted by Crippen LogP contribution is -2.17. The number of benzene rings is 1. The van der Waals surface area contributed by atoms with E-state index in [2.05, 4.69) is 44.3 Å². The lowest BCUT2D eigenvalue weighted by molar-refractivity contribution is 0.694. The maximum absolute atomic E-state index is 3.57. The molecule has 2 rings (SSSR count). The molecule has 0 radical (unpaired) electrons. The molecule has 1 aromatic rings. The predicted molar refractivity (Wildman–Crippen MR) is 61.7 cm³/mol. The van der Waals surface area contributed by atoms with Crippen LogP contribution in [0.4, 0.5) is 5.69 Å². The Labute approximate surface area is 86.5 Å². The second-order valence-electron chi connectivity index (χ2n) is 4.57. The van der Waals surface area contributed by atoms with E-state index in [0.29, 0.717) is 6.04 Å². The summed E-state index contributed by atoms with van der Waals surface area (Å²) in [5, 5.41) is 3.57. The van der Waals surface area contributed by atoms with Crippen LogP contribution in [0.15, 0.2) is 18.2 Å². The van der Waals surface area contributed by atoms with Crippen LogP contribution in [-0.4, -0.2) is 6.04 Å². The molecule has 1 aromatic carbocycles. The summed E-state index contributed by atoms with van der Waals surface area (Å²) in [4.78, 5) is 0. The van der Waals surface area contributed by atoms with Gasteiger partial charge in [0.2, 0.25) is 0 Å². The van der Waals surface area contributed by atoms with Gasteiger partial charge in [-0.15, -0.1) is 0 Å². The summed E-state index contributed by atoms with van der Waals surface area (Å²) < 4.78 is 0. The van der Waals surface area contributed by atoms with E-state index in [1.54, 1.807) is 0 Å². The molecule has 14 heavy (non-hydrogen) atoms. The van der Waals surface area contributed by atoms with Gasteiger partial charge in [0.05, 0.1) is 0 Å². The van der Waals surface area contributed by atoms with Gasteiger partial charge in [0, 0.05) is 11.7 Å². The monoisotopic (exact) mass is 189 g/mol. The highest BCUT2D eigenvalue weighted by Crippen LogP contribution is 2.34. The number of hydrogen-bond donors (Lipinski definition) is 1. The zero-order valence-electron chi connectivity index (χ0n) is 9.30. The fourth-order valence-corrected chi connectivity index (χ4v) is 1.81. The highest BCUT2D eigenvalue weighted by molar-refractivity contribution is 5.48. The van der Waals surface area contributed by atoms with Gasteiger partial charge in [0.1, 0.15) is 0 Å². The Morgan fingerprint density at radius 2 is 1.93 bits per heavy atom. The van der Waals surface area contributed by atoms with Crippen molar-refractivity contribution in [2.75, 3.05) is 5.32 Å². The molecule has 1 N–H and O–H groups in total. The minimum atomic E-state index is 0.636. The maximum atomic E-state index is 3.57. The highest BCUT2D eigenvalue weighted by atomic mass is 14.9. The Hall–Kier alpha value is -0.980. The summed E-state index contributed by atoms with van der Waals surface area (Å²) in [5.74, 6) is 0.914. The van der Waals surface area contributed by atoms with E-state index in [4.69, 9.17) is 0 Å². The van der Waals surface area contributed by atoms with Gasteiger partial charge in [-0.2, -0.15) is 0 Å². The Morgan fingerprint density at radius 3 is 2.50 bits per heavy atom. The van der Waals surface area contributed by atoms with Crippen LogP contribution < -0.4 is 5.32 Å². The van der Waals surface area contributed by atoms with Crippen LogP contribution in [0, 0.1) is 19.8 Å². The van der Waals surface area contributed by atoms with Crippen molar-refractivity contribution >= 4 is 5.69 Å². The molecule has 1 unspecified atom stereocenters. The normalized spacial score (nSPS) is 17.9. The summed E-state index contributed by atoms with van der Waals surface area (Å²) in [6.45, 7) is 6.61. The zero-order valence-corrected chi connectivity index (χ0v) is 9.30. The van der Waals surface area contributed by atoms with Crippen LogP contribution in [0.1, 0.15) is 30.9 Å². The largest absolute Gasteiger partial charge is 0.382 e. The van der Waals surface area contributed by atoms with Crippen LogP contribution in [0.3, 0.4) is 0 Å². The van der Waals surface area contributed by atoms with Gasteiger partial charge in [-0.25, -0.2) is 0 Å². The number of rotatable bonds is 3. The number of aryl methyl sites for hydroxylation is 2. The van der Waals surface area contributed by atoms with E-state index in [9.17, 15) is 0 Å². The molecule has 1 nitrogen and oxygen atoms in total. The number of anilines is 1. The van der Waals surface area contributed by atoms with E-state index in [-0.39, 0.29) is 0 Å². The second-order valence-corrected chi connectivity index (χ2v) is 4.57. The van der Waals surface area contributed by atoms with Gasteiger partial charge in [0.25, 0.3) is 0 Å². The average molecular weight is 189 g/mol. The summed E-state index contributed by atoms with van der Waals surface area (Å²) in [7, 11) is 0. The third-order valence-corrected chi connectivity index (χ3v) is 3.23. The fourth-order valence-electron chi connectivity index (χ4n) is 1.81. The summed E-state index contributed by atoms with van der Waals surface area (Å²) in [6.07, 6.45) is 2.80. The van der Waals surface area contributed by atoms with Crippen LogP contribution in [0.5, 0.6) is 0 Å². The van der Waals surface area contributed by atoms with E-state index >= 15 is 0 Å². The highest BCUT2D eigenvalue weighted by Gasteiger charge is 2.27. The lowest BCUT2D eigenvalue weighted by Gasteiger charge is -2.15. The molecule has 0 spiro atoms. The minimum absolute atomic E-state index is 0.636. The van der Waals surface area contributed by atoms with Crippen LogP contribution >= 0.6 is 0 Å². The topological polar surface area (TPSA) is 12.0 Å². The molecule has 0 heterocycles. The van der Waals surface area contributed by atoms with Gasteiger partial charge in [-0.3, -0.25) is 0 Å². The standard InChI is InChI=1S/C13H19N/c1-9-4-7-13(8-10(9)2)14-11(3)12-5-6-12/h4,7-8,11-12,14H,5-6H2,1-3H3. The Kier molecular flexibility index (Phi) is 2.49. The molecular weight excluding hydrogens is 170 g/mol. The average Bonchev–Trinajstić information content (AvgIpc) is 2.94. The number of nitrogens with one attached hydrogen (secondary N) is 1. The van der Waals surface area contributed by atoms with Gasteiger partial charge in [0.15, 0.2) is 0 Å². The molecule has 0 aliphatic heterocycles. The molecule has 0 aromatic heterocycles. The van der Waals surface area contributed by atoms with Crippen molar-refractivity contribution in [2.24, 2.45) is 5.92 Å². The van der Waals surface area contributed by atoms with Crippen molar-refractivity contribution in [3.05, 3.63) is 29.3 Å². The number of hydrogen-bond acceptors (Lipinski definition) is 1. The smallest absolute Gasteiger partial charge is 0.0345 e. The van der Waals surface area contributed by atoms with Crippen molar-refractivity contribution in [3.8, 4) is 0 Å². The summed E-state index contributed by atoms with van der Waals surface area (Å²) in [5.41, 5.74) is 4.01. The van der Waals surface area contributed by atoms with Crippen LogP contribution in [0.2, 0.25) is 0 Å². The first-order chi connectivity index (χ1) is 6.66. The molecule has 1 aliphatic carbocycles.